The average molecular weight is 253 g/mol. The van der Waals surface area contributed by atoms with E-state index in [2.05, 4.69) is 25.7 Å². The van der Waals surface area contributed by atoms with Crippen LogP contribution < -0.4 is 0 Å². The van der Waals surface area contributed by atoms with Crippen molar-refractivity contribution in [2.45, 2.75) is 65.3 Å². The second kappa shape index (κ2) is 5.92. The highest BCUT2D eigenvalue weighted by Crippen LogP contribution is 2.40. The third-order valence-corrected chi connectivity index (χ3v) is 5.31. The quantitative estimate of drug-likeness (QED) is 0.834. The molecule has 1 N–H and O–H groups in total. The van der Waals surface area contributed by atoms with Crippen LogP contribution in [0.3, 0.4) is 0 Å². The number of likely N-dealkylation sites (tertiary alicyclic amines) is 1. The molecule has 0 aromatic heterocycles. The zero-order valence-corrected chi connectivity index (χ0v) is 12.5. The predicted octanol–water partition coefficient (Wildman–Crippen LogP) is 3.30. The molecule has 0 bridgehead atoms. The Morgan fingerprint density at radius 3 is 2.56 bits per heavy atom. The van der Waals surface area contributed by atoms with Gasteiger partial charge >= 0.3 is 0 Å². The lowest BCUT2D eigenvalue weighted by Crippen LogP contribution is -2.49. The van der Waals surface area contributed by atoms with Gasteiger partial charge in [-0.05, 0) is 44.4 Å². The molecular weight excluding hydrogens is 222 g/mol. The number of hydrogen-bond donors (Lipinski definition) is 1. The van der Waals surface area contributed by atoms with Crippen molar-refractivity contribution >= 4 is 0 Å². The topological polar surface area (TPSA) is 23.5 Å². The SMILES string of the molecule is CC1CCC(C)N(CC2(CO)CCCC(C)C2)C1. The lowest BCUT2D eigenvalue weighted by atomic mass is 9.70. The van der Waals surface area contributed by atoms with Gasteiger partial charge in [0.1, 0.15) is 0 Å². The van der Waals surface area contributed by atoms with Gasteiger partial charge in [0, 0.05) is 31.2 Å². The van der Waals surface area contributed by atoms with Crippen LogP contribution in [-0.2, 0) is 0 Å². The number of piperidine rings is 1. The van der Waals surface area contributed by atoms with E-state index in [0.29, 0.717) is 12.6 Å². The molecular formula is C16H31NO. The van der Waals surface area contributed by atoms with Crippen LogP contribution in [0.4, 0.5) is 0 Å². The zero-order chi connectivity index (χ0) is 13.2. The highest BCUT2D eigenvalue weighted by molar-refractivity contribution is 4.90. The molecule has 1 aliphatic carbocycles. The third-order valence-electron chi connectivity index (χ3n) is 5.31. The fourth-order valence-electron chi connectivity index (χ4n) is 4.14. The minimum Gasteiger partial charge on any atom is -0.396 e. The second-order valence-corrected chi connectivity index (χ2v) is 7.32. The molecule has 106 valence electrons. The van der Waals surface area contributed by atoms with Gasteiger partial charge in [-0.1, -0.05) is 26.7 Å². The fraction of sp³-hybridized carbons (Fsp3) is 1.00. The van der Waals surface area contributed by atoms with Crippen molar-refractivity contribution < 1.29 is 5.11 Å². The first kappa shape index (κ1) is 14.3. The Balaban J connectivity index is 2.00. The van der Waals surface area contributed by atoms with Crippen LogP contribution in [0.2, 0.25) is 0 Å². The summed E-state index contributed by atoms with van der Waals surface area (Å²) in [6.07, 6.45) is 7.82. The van der Waals surface area contributed by atoms with E-state index < -0.39 is 0 Å². The normalized spacial score (nSPS) is 43.0. The van der Waals surface area contributed by atoms with E-state index in [9.17, 15) is 5.11 Å². The summed E-state index contributed by atoms with van der Waals surface area (Å²) in [4.78, 5) is 2.66. The molecule has 2 aliphatic rings. The maximum atomic E-state index is 9.92. The summed E-state index contributed by atoms with van der Waals surface area (Å²) in [6, 6.07) is 0.710. The van der Waals surface area contributed by atoms with Crippen molar-refractivity contribution in [3.05, 3.63) is 0 Å². The minimum atomic E-state index is 0.197. The summed E-state index contributed by atoms with van der Waals surface area (Å²) < 4.78 is 0. The second-order valence-electron chi connectivity index (χ2n) is 7.32. The maximum Gasteiger partial charge on any atom is 0.0499 e. The number of aliphatic hydroxyl groups is 1. The van der Waals surface area contributed by atoms with Crippen molar-refractivity contribution in [3.63, 3.8) is 0 Å². The van der Waals surface area contributed by atoms with Crippen molar-refractivity contribution in [2.24, 2.45) is 17.3 Å². The number of nitrogens with zero attached hydrogens (tertiary/aromatic N) is 1. The van der Waals surface area contributed by atoms with Crippen LogP contribution in [0, 0.1) is 17.3 Å². The van der Waals surface area contributed by atoms with E-state index in [4.69, 9.17) is 0 Å². The summed E-state index contributed by atoms with van der Waals surface area (Å²) in [5.74, 6) is 1.63. The molecule has 1 saturated heterocycles. The van der Waals surface area contributed by atoms with Crippen LogP contribution in [-0.4, -0.2) is 35.7 Å². The highest BCUT2D eigenvalue weighted by atomic mass is 16.3. The molecule has 4 atom stereocenters. The highest BCUT2D eigenvalue weighted by Gasteiger charge is 2.38. The Labute approximate surface area is 113 Å². The van der Waals surface area contributed by atoms with Crippen molar-refractivity contribution in [1.82, 2.24) is 4.90 Å². The smallest absolute Gasteiger partial charge is 0.0499 e. The molecule has 2 nitrogen and oxygen atoms in total. The van der Waals surface area contributed by atoms with Crippen molar-refractivity contribution in [3.8, 4) is 0 Å². The molecule has 0 aromatic rings. The molecule has 2 heteroatoms. The largest absolute Gasteiger partial charge is 0.396 e. The van der Waals surface area contributed by atoms with Gasteiger partial charge in [0.2, 0.25) is 0 Å². The molecule has 2 rings (SSSR count). The molecule has 0 spiro atoms. The van der Waals surface area contributed by atoms with Gasteiger partial charge < -0.3 is 5.11 Å². The van der Waals surface area contributed by atoms with Gasteiger partial charge in [-0.15, -0.1) is 0 Å². The fourth-order valence-corrected chi connectivity index (χ4v) is 4.14. The number of hydrogen-bond acceptors (Lipinski definition) is 2. The molecule has 18 heavy (non-hydrogen) atoms. The lowest BCUT2D eigenvalue weighted by Gasteiger charge is -2.46. The van der Waals surface area contributed by atoms with Crippen LogP contribution in [0.5, 0.6) is 0 Å². The summed E-state index contributed by atoms with van der Waals surface area (Å²) >= 11 is 0. The Hall–Kier alpha value is -0.0800. The average Bonchev–Trinajstić information content (AvgIpc) is 2.34. The van der Waals surface area contributed by atoms with Gasteiger partial charge in [0.05, 0.1) is 0 Å². The number of aliphatic hydroxyl groups excluding tert-OH is 1. The Morgan fingerprint density at radius 1 is 1.11 bits per heavy atom. The molecule has 0 aromatic carbocycles. The summed E-state index contributed by atoms with van der Waals surface area (Å²) in [5, 5.41) is 9.92. The molecule has 2 fully saturated rings. The van der Waals surface area contributed by atoms with Gasteiger partial charge in [-0.25, -0.2) is 0 Å². The van der Waals surface area contributed by atoms with Crippen LogP contribution >= 0.6 is 0 Å². The van der Waals surface area contributed by atoms with E-state index in [-0.39, 0.29) is 5.41 Å². The monoisotopic (exact) mass is 253 g/mol. The summed E-state index contributed by atoms with van der Waals surface area (Å²) in [7, 11) is 0. The maximum absolute atomic E-state index is 9.92. The first-order valence-electron chi connectivity index (χ1n) is 7.89. The van der Waals surface area contributed by atoms with E-state index in [0.717, 1.165) is 18.4 Å². The van der Waals surface area contributed by atoms with E-state index in [1.54, 1.807) is 0 Å². The number of rotatable bonds is 3. The molecule has 0 radical (unpaired) electrons. The minimum absolute atomic E-state index is 0.197. The molecule has 4 unspecified atom stereocenters. The van der Waals surface area contributed by atoms with E-state index in [1.807, 2.05) is 0 Å². The molecule has 0 amide bonds. The van der Waals surface area contributed by atoms with E-state index >= 15 is 0 Å². The van der Waals surface area contributed by atoms with Crippen LogP contribution in [0.25, 0.3) is 0 Å². The standard InChI is InChI=1S/C16H31NO/c1-13-5-4-8-16(9-13,12-18)11-17-10-14(2)6-7-15(17)3/h13-15,18H,4-12H2,1-3H3. The lowest BCUT2D eigenvalue weighted by molar-refractivity contribution is -0.00345. The van der Waals surface area contributed by atoms with E-state index in [1.165, 1.54) is 45.1 Å². The van der Waals surface area contributed by atoms with Crippen molar-refractivity contribution in [1.29, 1.82) is 0 Å². The zero-order valence-electron chi connectivity index (χ0n) is 12.5. The summed E-state index contributed by atoms with van der Waals surface area (Å²) in [5.41, 5.74) is 0.197. The molecule has 1 saturated carbocycles. The third kappa shape index (κ3) is 3.27. The van der Waals surface area contributed by atoms with Gasteiger partial charge in [0.25, 0.3) is 0 Å². The first-order valence-corrected chi connectivity index (χ1v) is 7.89. The van der Waals surface area contributed by atoms with Crippen LogP contribution in [0.1, 0.15) is 59.3 Å². The molecule has 1 heterocycles. The predicted molar refractivity (Wildman–Crippen MR) is 76.6 cm³/mol. The van der Waals surface area contributed by atoms with Gasteiger partial charge in [0.15, 0.2) is 0 Å². The Kier molecular flexibility index (Phi) is 4.71. The Bertz CT molecular complexity index is 268. The van der Waals surface area contributed by atoms with Gasteiger partial charge in [-0.3, -0.25) is 4.90 Å². The summed E-state index contributed by atoms with van der Waals surface area (Å²) in [6.45, 7) is 9.83. The van der Waals surface area contributed by atoms with Gasteiger partial charge in [-0.2, -0.15) is 0 Å². The van der Waals surface area contributed by atoms with Crippen molar-refractivity contribution in [2.75, 3.05) is 19.7 Å². The Morgan fingerprint density at radius 2 is 1.89 bits per heavy atom. The van der Waals surface area contributed by atoms with Crippen LogP contribution in [0.15, 0.2) is 0 Å². The first-order chi connectivity index (χ1) is 8.54. The molecule has 1 aliphatic heterocycles.